The molecule has 0 N–H and O–H groups in total. The SMILES string of the molecule is C#CCCCS(=O)(=O)N1CSCC1C(=O)N(C)C1CC1. The molecule has 0 radical (unpaired) electrons. The normalized spacial score (nSPS) is 23.5. The second-order valence-corrected chi connectivity index (χ2v) is 8.25. The molecule has 1 amide bonds. The quantitative estimate of drug-likeness (QED) is 0.535. The monoisotopic (exact) mass is 316 g/mol. The van der Waals surface area contributed by atoms with Crippen LogP contribution in [0.3, 0.4) is 0 Å². The topological polar surface area (TPSA) is 57.7 Å². The van der Waals surface area contributed by atoms with Gasteiger partial charge < -0.3 is 4.90 Å². The highest BCUT2D eigenvalue weighted by molar-refractivity contribution is 8.00. The minimum atomic E-state index is -3.40. The molecule has 2 fully saturated rings. The number of carbonyl (C=O) groups is 1. The van der Waals surface area contributed by atoms with Crippen molar-refractivity contribution in [1.82, 2.24) is 9.21 Å². The van der Waals surface area contributed by atoms with Gasteiger partial charge in [0.05, 0.1) is 11.6 Å². The number of hydrogen-bond donors (Lipinski definition) is 0. The Hall–Kier alpha value is -0.710. The Morgan fingerprint density at radius 2 is 2.20 bits per heavy atom. The summed E-state index contributed by atoms with van der Waals surface area (Å²) in [7, 11) is -1.63. The summed E-state index contributed by atoms with van der Waals surface area (Å²) in [6, 6.07) is -0.236. The molecule has 2 aliphatic rings. The van der Waals surface area contributed by atoms with Crippen LogP contribution in [-0.4, -0.2) is 60.0 Å². The molecule has 1 aliphatic heterocycles. The van der Waals surface area contributed by atoms with Gasteiger partial charge in [-0.2, -0.15) is 4.31 Å². The van der Waals surface area contributed by atoms with Gasteiger partial charge in [-0.1, -0.05) is 0 Å². The van der Waals surface area contributed by atoms with Crippen LogP contribution < -0.4 is 0 Å². The van der Waals surface area contributed by atoms with Crippen molar-refractivity contribution >= 4 is 27.7 Å². The van der Waals surface area contributed by atoms with Crippen LogP contribution in [-0.2, 0) is 14.8 Å². The number of thioether (sulfide) groups is 1. The van der Waals surface area contributed by atoms with E-state index >= 15 is 0 Å². The number of rotatable bonds is 6. The van der Waals surface area contributed by atoms with Crippen LogP contribution in [0.2, 0.25) is 0 Å². The molecular formula is C13H20N2O3S2. The molecule has 1 aliphatic carbocycles. The van der Waals surface area contributed by atoms with Crippen LogP contribution >= 0.6 is 11.8 Å². The van der Waals surface area contributed by atoms with E-state index in [0.29, 0.717) is 30.5 Å². The van der Waals surface area contributed by atoms with Crippen LogP contribution in [0.4, 0.5) is 0 Å². The van der Waals surface area contributed by atoms with Crippen molar-refractivity contribution in [2.75, 3.05) is 24.4 Å². The fourth-order valence-electron chi connectivity index (χ4n) is 2.25. The van der Waals surface area contributed by atoms with Gasteiger partial charge in [-0.25, -0.2) is 8.42 Å². The number of amides is 1. The van der Waals surface area contributed by atoms with Crippen LogP contribution in [0, 0.1) is 12.3 Å². The molecule has 5 nitrogen and oxygen atoms in total. The van der Waals surface area contributed by atoms with Crippen molar-refractivity contribution < 1.29 is 13.2 Å². The molecule has 1 unspecified atom stereocenters. The van der Waals surface area contributed by atoms with Gasteiger partial charge >= 0.3 is 0 Å². The van der Waals surface area contributed by atoms with Gasteiger partial charge in [0, 0.05) is 25.3 Å². The molecule has 112 valence electrons. The molecule has 1 saturated carbocycles. The Labute approximate surface area is 125 Å². The van der Waals surface area contributed by atoms with Gasteiger partial charge in [-0.15, -0.1) is 24.1 Å². The van der Waals surface area contributed by atoms with Crippen molar-refractivity contribution in [3.63, 3.8) is 0 Å². The van der Waals surface area contributed by atoms with E-state index in [1.165, 1.54) is 16.1 Å². The zero-order chi connectivity index (χ0) is 14.8. The molecule has 0 aromatic heterocycles. The molecule has 1 atom stereocenters. The lowest BCUT2D eigenvalue weighted by molar-refractivity contribution is -0.133. The van der Waals surface area contributed by atoms with Crippen molar-refractivity contribution in [2.45, 2.75) is 37.8 Å². The number of nitrogens with zero attached hydrogens (tertiary/aromatic N) is 2. The van der Waals surface area contributed by atoms with Gasteiger partial charge in [0.25, 0.3) is 0 Å². The standard InChI is InChI=1S/C13H20N2O3S2/c1-3-4-5-8-20(17,18)15-10-19-9-12(15)13(16)14(2)11-6-7-11/h1,11-12H,4-10H2,2H3. The Morgan fingerprint density at radius 1 is 1.50 bits per heavy atom. The molecule has 20 heavy (non-hydrogen) atoms. The third-order valence-corrected chi connectivity index (χ3v) is 6.73. The maximum absolute atomic E-state index is 12.4. The van der Waals surface area contributed by atoms with Gasteiger partial charge in [0.1, 0.15) is 6.04 Å². The first-order chi connectivity index (χ1) is 9.47. The molecule has 0 spiro atoms. The molecular weight excluding hydrogens is 296 g/mol. The van der Waals surface area contributed by atoms with E-state index in [1.54, 1.807) is 11.9 Å². The summed E-state index contributed by atoms with van der Waals surface area (Å²) in [6.45, 7) is 0. The second kappa shape index (κ2) is 6.37. The van der Waals surface area contributed by atoms with Crippen molar-refractivity contribution in [2.24, 2.45) is 0 Å². The van der Waals surface area contributed by atoms with Crippen LogP contribution in [0.25, 0.3) is 0 Å². The predicted octanol–water partition coefficient (Wildman–Crippen LogP) is 0.725. The van der Waals surface area contributed by atoms with Crippen LogP contribution in [0.15, 0.2) is 0 Å². The molecule has 1 heterocycles. The zero-order valence-electron chi connectivity index (χ0n) is 11.6. The minimum Gasteiger partial charge on any atom is -0.341 e. The Balaban J connectivity index is 2.02. The summed E-state index contributed by atoms with van der Waals surface area (Å²) in [5.74, 6) is 3.31. The average Bonchev–Trinajstić information content (AvgIpc) is 3.13. The van der Waals surface area contributed by atoms with E-state index in [2.05, 4.69) is 5.92 Å². The summed E-state index contributed by atoms with van der Waals surface area (Å²) >= 11 is 1.49. The van der Waals surface area contributed by atoms with Crippen molar-refractivity contribution in [1.29, 1.82) is 0 Å². The summed E-state index contributed by atoms with van der Waals surface area (Å²) in [4.78, 5) is 14.1. The second-order valence-electron chi connectivity index (χ2n) is 5.21. The third kappa shape index (κ3) is 3.48. The lowest BCUT2D eigenvalue weighted by Crippen LogP contribution is -2.48. The first-order valence-electron chi connectivity index (χ1n) is 6.75. The first kappa shape index (κ1) is 15.7. The number of carbonyl (C=O) groups excluding carboxylic acids is 1. The van der Waals surface area contributed by atoms with Gasteiger partial charge in [0.2, 0.25) is 15.9 Å². The van der Waals surface area contributed by atoms with E-state index < -0.39 is 16.1 Å². The van der Waals surface area contributed by atoms with Gasteiger partial charge in [-0.05, 0) is 19.3 Å². The fraction of sp³-hybridized carbons (Fsp3) is 0.769. The largest absolute Gasteiger partial charge is 0.341 e. The van der Waals surface area contributed by atoms with Crippen LogP contribution in [0.1, 0.15) is 25.7 Å². The van der Waals surface area contributed by atoms with E-state index in [4.69, 9.17) is 6.42 Å². The summed E-state index contributed by atoms with van der Waals surface area (Å²) < 4.78 is 26.0. The maximum atomic E-state index is 12.4. The minimum absolute atomic E-state index is 0.0225. The first-order valence-corrected chi connectivity index (χ1v) is 9.51. The Bertz CT molecular complexity index is 508. The highest BCUT2D eigenvalue weighted by atomic mass is 32.2. The average molecular weight is 316 g/mol. The van der Waals surface area contributed by atoms with Gasteiger partial charge in [-0.3, -0.25) is 4.79 Å². The smallest absolute Gasteiger partial charge is 0.241 e. The molecule has 7 heteroatoms. The van der Waals surface area contributed by atoms with E-state index in [1.807, 2.05) is 0 Å². The van der Waals surface area contributed by atoms with Crippen LogP contribution in [0.5, 0.6) is 0 Å². The highest BCUT2D eigenvalue weighted by Gasteiger charge is 2.42. The fourth-order valence-corrected chi connectivity index (χ4v) is 5.51. The van der Waals surface area contributed by atoms with Crippen molar-refractivity contribution in [3.8, 4) is 12.3 Å². The predicted molar refractivity (Wildman–Crippen MR) is 80.6 cm³/mol. The molecule has 2 rings (SSSR count). The number of likely N-dealkylation sites (N-methyl/N-ethyl adjacent to an activating group) is 1. The molecule has 0 aromatic carbocycles. The van der Waals surface area contributed by atoms with E-state index in [9.17, 15) is 13.2 Å². The maximum Gasteiger partial charge on any atom is 0.241 e. The third-order valence-electron chi connectivity index (χ3n) is 3.65. The summed E-state index contributed by atoms with van der Waals surface area (Å²) in [6.07, 6.45) is 8.08. The number of hydrogen-bond acceptors (Lipinski definition) is 4. The number of unbranched alkanes of at least 4 members (excludes halogenated alkanes) is 1. The Kier molecular flexibility index (Phi) is 4.99. The lowest BCUT2D eigenvalue weighted by atomic mass is 10.3. The van der Waals surface area contributed by atoms with Gasteiger partial charge in [0.15, 0.2) is 0 Å². The molecule has 1 saturated heterocycles. The van der Waals surface area contributed by atoms with E-state index in [0.717, 1.165) is 12.8 Å². The molecule has 0 bridgehead atoms. The molecule has 0 aromatic rings. The lowest BCUT2D eigenvalue weighted by Gasteiger charge is -2.26. The highest BCUT2D eigenvalue weighted by Crippen LogP contribution is 2.30. The zero-order valence-corrected chi connectivity index (χ0v) is 13.3. The number of terminal acetylenes is 1. The van der Waals surface area contributed by atoms with E-state index in [-0.39, 0.29) is 11.7 Å². The summed E-state index contributed by atoms with van der Waals surface area (Å²) in [5, 5.41) is 0. The summed E-state index contributed by atoms with van der Waals surface area (Å²) in [5.41, 5.74) is 0. The number of sulfonamides is 1. The van der Waals surface area contributed by atoms with Crippen molar-refractivity contribution in [3.05, 3.63) is 0 Å². The Morgan fingerprint density at radius 3 is 2.80 bits per heavy atom.